The Kier molecular flexibility index (Phi) is 5.07. The van der Waals surface area contributed by atoms with Crippen molar-refractivity contribution in [2.24, 2.45) is 5.41 Å². The summed E-state index contributed by atoms with van der Waals surface area (Å²) >= 11 is 0. The molecular weight excluding hydrogens is 184 g/mol. The highest BCUT2D eigenvalue weighted by atomic mass is 15.2. The van der Waals surface area contributed by atoms with Gasteiger partial charge in [0, 0.05) is 12.6 Å². The molecule has 0 aromatic rings. The van der Waals surface area contributed by atoms with Gasteiger partial charge in [-0.3, -0.25) is 4.90 Å². The fourth-order valence-corrected chi connectivity index (χ4v) is 2.27. The van der Waals surface area contributed by atoms with Crippen LogP contribution in [0.15, 0.2) is 0 Å². The van der Waals surface area contributed by atoms with Crippen LogP contribution in [-0.2, 0) is 0 Å². The van der Waals surface area contributed by atoms with Crippen LogP contribution in [0.4, 0.5) is 0 Å². The number of likely N-dealkylation sites (tertiary alicyclic amines) is 1. The monoisotopic (exact) mass is 212 g/mol. The maximum atomic E-state index is 3.61. The maximum Gasteiger partial charge on any atom is 0.0220 e. The number of nitrogens with zero attached hydrogens (tertiary/aromatic N) is 1. The summed E-state index contributed by atoms with van der Waals surface area (Å²) in [5.74, 6) is 0. The summed E-state index contributed by atoms with van der Waals surface area (Å²) in [7, 11) is 0. The van der Waals surface area contributed by atoms with Gasteiger partial charge in [-0.25, -0.2) is 0 Å². The van der Waals surface area contributed by atoms with Crippen molar-refractivity contribution < 1.29 is 0 Å². The van der Waals surface area contributed by atoms with E-state index in [2.05, 4.69) is 37.9 Å². The van der Waals surface area contributed by atoms with E-state index in [1.807, 2.05) is 0 Å². The average Bonchev–Trinajstić information content (AvgIpc) is 2.58. The van der Waals surface area contributed by atoms with Gasteiger partial charge in [-0.1, -0.05) is 27.7 Å². The third-order valence-corrected chi connectivity index (χ3v) is 3.34. The van der Waals surface area contributed by atoms with E-state index in [1.165, 1.54) is 38.9 Å². The van der Waals surface area contributed by atoms with Crippen LogP contribution in [0, 0.1) is 5.41 Å². The van der Waals surface area contributed by atoms with Crippen LogP contribution in [0.3, 0.4) is 0 Å². The molecule has 1 unspecified atom stereocenters. The molecule has 1 atom stereocenters. The minimum Gasteiger partial charge on any atom is -0.315 e. The highest BCUT2D eigenvalue weighted by molar-refractivity contribution is 4.80. The summed E-state index contributed by atoms with van der Waals surface area (Å²) in [5, 5.41) is 3.61. The van der Waals surface area contributed by atoms with Gasteiger partial charge in [-0.2, -0.15) is 0 Å². The van der Waals surface area contributed by atoms with Crippen molar-refractivity contribution in [3.63, 3.8) is 0 Å². The number of rotatable bonds is 5. The summed E-state index contributed by atoms with van der Waals surface area (Å²) in [5.41, 5.74) is 0.465. The molecule has 15 heavy (non-hydrogen) atoms. The molecule has 1 saturated heterocycles. The zero-order valence-corrected chi connectivity index (χ0v) is 11.0. The molecule has 0 aromatic heterocycles. The van der Waals surface area contributed by atoms with Crippen molar-refractivity contribution in [2.75, 3.05) is 26.2 Å². The molecule has 0 saturated carbocycles. The minimum atomic E-state index is 0.465. The van der Waals surface area contributed by atoms with E-state index >= 15 is 0 Å². The van der Waals surface area contributed by atoms with E-state index < -0.39 is 0 Å². The fraction of sp³-hybridized carbons (Fsp3) is 1.00. The molecule has 1 fully saturated rings. The smallest absolute Gasteiger partial charge is 0.0220 e. The Morgan fingerprint density at radius 2 is 2.07 bits per heavy atom. The average molecular weight is 212 g/mol. The third-order valence-electron chi connectivity index (χ3n) is 3.34. The lowest BCUT2D eigenvalue weighted by Crippen LogP contribution is -2.38. The van der Waals surface area contributed by atoms with Gasteiger partial charge in [-0.15, -0.1) is 0 Å². The molecule has 2 heteroatoms. The van der Waals surface area contributed by atoms with Crippen molar-refractivity contribution >= 4 is 0 Å². The number of hydrogen-bond acceptors (Lipinski definition) is 2. The SMILES string of the molecule is CCN1CCCC1CNCCC(C)(C)C. The first kappa shape index (κ1) is 13.0. The second-order valence-electron chi connectivity index (χ2n) is 5.94. The van der Waals surface area contributed by atoms with E-state index in [9.17, 15) is 0 Å². The van der Waals surface area contributed by atoms with Gasteiger partial charge in [0.25, 0.3) is 0 Å². The molecule has 1 aliphatic heterocycles. The molecule has 0 aromatic carbocycles. The Morgan fingerprint density at radius 1 is 1.33 bits per heavy atom. The van der Waals surface area contributed by atoms with Gasteiger partial charge in [0.05, 0.1) is 0 Å². The lowest BCUT2D eigenvalue weighted by atomic mass is 9.92. The molecular formula is C13H28N2. The predicted molar refractivity (Wildman–Crippen MR) is 67.2 cm³/mol. The van der Waals surface area contributed by atoms with Crippen LogP contribution < -0.4 is 5.32 Å². The Bertz CT molecular complexity index is 172. The Labute approximate surface area is 95.4 Å². The number of likely N-dealkylation sites (N-methyl/N-ethyl adjacent to an activating group) is 1. The maximum absolute atomic E-state index is 3.61. The molecule has 0 spiro atoms. The molecule has 90 valence electrons. The first-order valence-electron chi connectivity index (χ1n) is 6.47. The summed E-state index contributed by atoms with van der Waals surface area (Å²) in [4.78, 5) is 2.60. The van der Waals surface area contributed by atoms with E-state index in [1.54, 1.807) is 0 Å². The Balaban J connectivity index is 2.09. The molecule has 1 aliphatic rings. The molecule has 1 rings (SSSR count). The zero-order valence-electron chi connectivity index (χ0n) is 11.0. The van der Waals surface area contributed by atoms with Crippen LogP contribution in [0.1, 0.15) is 47.0 Å². The van der Waals surface area contributed by atoms with Crippen molar-refractivity contribution in [3.8, 4) is 0 Å². The van der Waals surface area contributed by atoms with Gasteiger partial charge < -0.3 is 5.32 Å². The van der Waals surface area contributed by atoms with E-state index in [-0.39, 0.29) is 0 Å². The quantitative estimate of drug-likeness (QED) is 0.704. The van der Waals surface area contributed by atoms with Gasteiger partial charge in [0.15, 0.2) is 0 Å². The first-order valence-corrected chi connectivity index (χ1v) is 6.47. The summed E-state index contributed by atoms with van der Waals surface area (Å²) < 4.78 is 0. The van der Waals surface area contributed by atoms with Gasteiger partial charge in [0.1, 0.15) is 0 Å². The normalized spacial score (nSPS) is 23.6. The van der Waals surface area contributed by atoms with E-state index in [4.69, 9.17) is 0 Å². The molecule has 1 N–H and O–H groups in total. The minimum absolute atomic E-state index is 0.465. The van der Waals surface area contributed by atoms with Crippen molar-refractivity contribution in [1.82, 2.24) is 10.2 Å². The first-order chi connectivity index (χ1) is 7.03. The number of hydrogen-bond donors (Lipinski definition) is 1. The molecule has 0 amide bonds. The highest BCUT2D eigenvalue weighted by Crippen LogP contribution is 2.18. The third kappa shape index (κ3) is 4.98. The Morgan fingerprint density at radius 3 is 2.67 bits per heavy atom. The molecule has 0 aliphatic carbocycles. The standard InChI is InChI=1S/C13H28N2/c1-5-15-10-6-7-12(15)11-14-9-8-13(2,3)4/h12,14H,5-11H2,1-4H3. The van der Waals surface area contributed by atoms with Crippen molar-refractivity contribution in [3.05, 3.63) is 0 Å². The highest BCUT2D eigenvalue weighted by Gasteiger charge is 2.22. The van der Waals surface area contributed by atoms with Crippen LogP contribution >= 0.6 is 0 Å². The van der Waals surface area contributed by atoms with E-state index in [0.717, 1.165) is 12.6 Å². The summed E-state index contributed by atoms with van der Waals surface area (Å²) in [6, 6.07) is 0.801. The van der Waals surface area contributed by atoms with Crippen LogP contribution in [0.2, 0.25) is 0 Å². The number of nitrogens with one attached hydrogen (secondary N) is 1. The fourth-order valence-electron chi connectivity index (χ4n) is 2.27. The van der Waals surface area contributed by atoms with Crippen molar-refractivity contribution in [1.29, 1.82) is 0 Å². The lowest BCUT2D eigenvalue weighted by molar-refractivity contribution is 0.256. The second-order valence-corrected chi connectivity index (χ2v) is 5.94. The topological polar surface area (TPSA) is 15.3 Å². The second kappa shape index (κ2) is 5.86. The largest absolute Gasteiger partial charge is 0.315 e. The van der Waals surface area contributed by atoms with Crippen molar-refractivity contribution in [2.45, 2.75) is 53.0 Å². The predicted octanol–water partition coefficient (Wildman–Crippen LogP) is 2.50. The molecule has 0 bridgehead atoms. The summed E-state index contributed by atoms with van der Waals surface area (Å²) in [6.45, 7) is 14.1. The molecule has 1 heterocycles. The zero-order chi connectivity index (χ0) is 11.3. The Hall–Kier alpha value is -0.0800. The van der Waals surface area contributed by atoms with Gasteiger partial charge in [-0.05, 0) is 44.3 Å². The van der Waals surface area contributed by atoms with Gasteiger partial charge in [0.2, 0.25) is 0 Å². The van der Waals surface area contributed by atoms with Crippen LogP contribution in [0.25, 0.3) is 0 Å². The molecule has 0 radical (unpaired) electrons. The molecule has 2 nitrogen and oxygen atoms in total. The lowest BCUT2D eigenvalue weighted by Gasteiger charge is -2.24. The van der Waals surface area contributed by atoms with Gasteiger partial charge >= 0.3 is 0 Å². The van der Waals surface area contributed by atoms with E-state index in [0.29, 0.717) is 5.41 Å². The summed E-state index contributed by atoms with van der Waals surface area (Å²) in [6.07, 6.45) is 4.04. The van der Waals surface area contributed by atoms with Crippen LogP contribution in [0.5, 0.6) is 0 Å². The van der Waals surface area contributed by atoms with Crippen LogP contribution in [-0.4, -0.2) is 37.1 Å².